The van der Waals surface area contributed by atoms with Crippen LogP contribution in [0.4, 0.5) is 35.0 Å². The van der Waals surface area contributed by atoms with Gasteiger partial charge in [0.15, 0.2) is 11.6 Å². The zero-order valence-corrected chi connectivity index (χ0v) is 22.0. The Balaban J connectivity index is 1.47. The van der Waals surface area contributed by atoms with Crippen LogP contribution >= 0.6 is 0 Å². The summed E-state index contributed by atoms with van der Waals surface area (Å²) in [5.41, 5.74) is -1.26. The highest BCUT2D eigenvalue weighted by Crippen LogP contribution is 2.38. The number of benzene rings is 1. The highest BCUT2D eigenvalue weighted by atomic mass is 19.4. The second kappa shape index (κ2) is 10.5. The number of ether oxygens (including phenoxy) is 1. The maximum absolute atomic E-state index is 14.6. The fraction of sp³-hybridized carbons (Fsp3) is 0.577. The molecule has 0 saturated carbocycles. The summed E-state index contributed by atoms with van der Waals surface area (Å²) in [5.74, 6) is -1.08. The lowest BCUT2D eigenvalue weighted by molar-refractivity contribution is -0.139. The number of rotatable bonds is 8. The van der Waals surface area contributed by atoms with Gasteiger partial charge in [-0.3, -0.25) is 4.79 Å². The van der Waals surface area contributed by atoms with Crippen LogP contribution in [0.2, 0.25) is 0 Å². The molecule has 1 aromatic carbocycles. The van der Waals surface area contributed by atoms with Crippen molar-refractivity contribution < 1.29 is 27.1 Å². The van der Waals surface area contributed by atoms with Crippen molar-refractivity contribution in [2.45, 2.75) is 76.7 Å². The minimum atomic E-state index is -4.68. The van der Waals surface area contributed by atoms with Gasteiger partial charge in [0.25, 0.3) is 0 Å². The molecule has 0 unspecified atom stereocenters. The van der Waals surface area contributed by atoms with Crippen molar-refractivity contribution >= 4 is 23.4 Å². The standard InChI is InChI=1S/C26H34F4N6O2/c1-24(2)13-17(14-25(3,4)35-24)32-22-19(27)15-31-23(34-22)33-16-7-8-20(18(12-16)26(28,29)30)38-11-10-36-9-5-6-21(36)37/h7-8,12,15,17,35H,5-6,9-11,13-14H2,1-4H3,(H2,31,32,33,34). The molecule has 2 aliphatic rings. The molecule has 2 aromatic rings. The lowest BCUT2D eigenvalue weighted by atomic mass is 9.79. The van der Waals surface area contributed by atoms with Crippen molar-refractivity contribution in [2.75, 3.05) is 30.3 Å². The summed E-state index contributed by atoms with van der Waals surface area (Å²) < 4.78 is 61.3. The van der Waals surface area contributed by atoms with Gasteiger partial charge in [0.2, 0.25) is 11.9 Å². The van der Waals surface area contributed by atoms with Crippen LogP contribution < -0.4 is 20.7 Å². The summed E-state index contributed by atoms with van der Waals surface area (Å²) in [5, 5.41) is 9.44. The van der Waals surface area contributed by atoms with Crippen molar-refractivity contribution in [2.24, 2.45) is 0 Å². The second-order valence-corrected chi connectivity index (χ2v) is 11.2. The van der Waals surface area contributed by atoms with E-state index in [0.29, 0.717) is 13.0 Å². The Labute approximate surface area is 219 Å². The Morgan fingerprint density at radius 3 is 2.53 bits per heavy atom. The quantitative estimate of drug-likeness (QED) is 0.403. The van der Waals surface area contributed by atoms with E-state index in [2.05, 4.69) is 53.6 Å². The number of aromatic nitrogens is 2. The molecule has 0 bridgehead atoms. The van der Waals surface area contributed by atoms with Gasteiger partial charge in [-0.1, -0.05) is 0 Å². The topological polar surface area (TPSA) is 91.4 Å². The Hall–Kier alpha value is -3.15. The number of nitrogens with one attached hydrogen (secondary N) is 3. The van der Waals surface area contributed by atoms with Gasteiger partial charge in [0.05, 0.1) is 18.3 Å². The number of anilines is 3. The van der Waals surface area contributed by atoms with E-state index in [9.17, 15) is 22.4 Å². The van der Waals surface area contributed by atoms with E-state index >= 15 is 0 Å². The Morgan fingerprint density at radius 1 is 1.18 bits per heavy atom. The Bertz CT molecular complexity index is 1150. The van der Waals surface area contributed by atoms with Gasteiger partial charge in [0, 0.05) is 35.8 Å². The first-order valence-electron chi connectivity index (χ1n) is 12.7. The van der Waals surface area contributed by atoms with Gasteiger partial charge in [-0.2, -0.15) is 18.2 Å². The molecule has 2 aliphatic heterocycles. The first-order chi connectivity index (χ1) is 17.7. The molecule has 4 rings (SSSR count). The molecule has 8 nitrogen and oxygen atoms in total. The molecule has 12 heteroatoms. The van der Waals surface area contributed by atoms with Crippen molar-refractivity contribution in [1.29, 1.82) is 0 Å². The Morgan fingerprint density at radius 2 is 1.89 bits per heavy atom. The summed E-state index contributed by atoms with van der Waals surface area (Å²) >= 11 is 0. The fourth-order valence-corrected chi connectivity index (χ4v) is 5.44. The van der Waals surface area contributed by atoms with Crippen LogP contribution in [0, 0.1) is 5.82 Å². The average Bonchev–Trinajstić information content (AvgIpc) is 3.18. The third-order valence-corrected chi connectivity index (χ3v) is 6.61. The number of likely N-dealkylation sites (tertiary alicyclic amines) is 1. The predicted molar refractivity (Wildman–Crippen MR) is 136 cm³/mol. The fourth-order valence-electron chi connectivity index (χ4n) is 5.44. The summed E-state index contributed by atoms with van der Waals surface area (Å²) in [6.45, 7) is 9.04. The molecule has 2 saturated heterocycles. The van der Waals surface area contributed by atoms with Crippen LogP contribution in [0.5, 0.6) is 5.75 Å². The normalized spacial score (nSPS) is 19.5. The number of piperidine rings is 1. The second-order valence-electron chi connectivity index (χ2n) is 11.2. The van der Waals surface area contributed by atoms with Gasteiger partial charge >= 0.3 is 6.18 Å². The van der Waals surface area contributed by atoms with Gasteiger partial charge < -0.3 is 25.6 Å². The molecule has 38 heavy (non-hydrogen) atoms. The summed E-state index contributed by atoms with van der Waals surface area (Å²) in [7, 11) is 0. The molecule has 1 aromatic heterocycles. The van der Waals surface area contributed by atoms with E-state index in [1.165, 1.54) is 12.1 Å². The van der Waals surface area contributed by atoms with E-state index in [1.54, 1.807) is 4.90 Å². The van der Waals surface area contributed by atoms with Crippen molar-refractivity contribution in [1.82, 2.24) is 20.2 Å². The minimum absolute atomic E-state index is 0.0199. The smallest absolute Gasteiger partial charge is 0.420 e. The number of hydrogen-bond donors (Lipinski definition) is 3. The van der Waals surface area contributed by atoms with Gasteiger partial charge in [-0.15, -0.1) is 0 Å². The summed E-state index contributed by atoms with van der Waals surface area (Å²) in [6, 6.07) is 3.44. The van der Waals surface area contributed by atoms with Crippen LogP contribution in [-0.4, -0.2) is 57.6 Å². The van der Waals surface area contributed by atoms with E-state index in [1.807, 2.05) is 0 Å². The van der Waals surface area contributed by atoms with Crippen LogP contribution in [0.3, 0.4) is 0 Å². The monoisotopic (exact) mass is 538 g/mol. The number of halogens is 4. The number of carbonyl (C=O) groups is 1. The minimum Gasteiger partial charge on any atom is -0.491 e. The highest BCUT2D eigenvalue weighted by Gasteiger charge is 2.38. The molecular formula is C26H34F4N6O2. The number of amides is 1. The molecule has 0 radical (unpaired) electrons. The lowest BCUT2D eigenvalue weighted by Gasteiger charge is -2.46. The maximum atomic E-state index is 14.6. The van der Waals surface area contributed by atoms with Crippen LogP contribution in [0.15, 0.2) is 24.4 Å². The number of alkyl halides is 3. The van der Waals surface area contributed by atoms with E-state index in [-0.39, 0.29) is 59.4 Å². The number of nitrogens with zero attached hydrogens (tertiary/aromatic N) is 3. The van der Waals surface area contributed by atoms with Crippen molar-refractivity contribution in [3.05, 3.63) is 35.8 Å². The van der Waals surface area contributed by atoms with Crippen LogP contribution in [0.1, 0.15) is 58.9 Å². The maximum Gasteiger partial charge on any atom is 0.420 e. The highest BCUT2D eigenvalue weighted by molar-refractivity contribution is 5.78. The van der Waals surface area contributed by atoms with Gasteiger partial charge in [-0.05, 0) is 65.2 Å². The molecule has 3 heterocycles. The third kappa shape index (κ3) is 7.03. The molecule has 0 spiro atoms. The van der Waals surface area contributed by atoms with E-state index in [0.717, 1.165) is 31.5 Å². The number of carbonyl (C=O) groups excluding carboxylic acids is 1. The lowest BCUT2D eigenvalue weighted by Crippen LogP contribution is -2.60. The summed E-state index contributed by atoms with van der Waals surface area (Å²) in [4.78, 5) is 21.4. The zero-order chi connectivity index (χ0) is 27.7. The molecule has 2 fully saturated rings. The first-order valence-corrected chi connectivity index (χ1v) is 12.7. The van der Waals surface area contributed by atoms with E-state index < -0.39 is 17.6 Å². The summed E-state index contributed by atoms with van der Waals surface area (Å²) in [6.07, 6.45) is -1.05. The molecular weight excluding hydrogens is 504 g/mol. The molecule has 208 valence electrons. The van der Waals surface area contributed by atoms with Crippen LogP contribution in [-0.2, 0) is 11.0 Å². The molecule has 0 atom stereocenters. The molecule has 0 aliphatic carbocycles. The Kier molecular flexibility index (Phi) is 7.74. The zero-order valence-electron chi connectivity index (χ0n) is 22.0. The largest absolute Gasteiger partial charge is 0.491 e. The first kappa shape index (κ1) is 27.9. The van der Waals surface area contributed by atoms with Crippen LogP contribution in [0.25, 0.3) is 0 Å². The van der Waals surface area contributed by atoms with E-state index in [4.69, 9.17) is 4.74 Å². The average molecular weight is 539 g/mol. The van der Waals surface area contributed by atoms with Gasteiger partial charge in [-0.25, -0.2) is 9.37 Å². The van der Waals surface area contributed by atoms with Crippen molar-refractivity contribution in [3.63, 3.8) is 0 Å². The molecule has 3 N–H and O–H groups in total. The molecule has 1 amide bonds. The predicted octanol–water partition coefficient (Wildman–Crippen LogP) is 5.10. The van der Waals surface area contributed by atoms with Gasteiger partial charge in [0.1, 0.15) is 12.4 Å². The van der Waals surface area contributed by atoms with Crippen molar-refractivity contribution in [3.8, 4) is 5.75 Å². The third-order valence-electron chi connectivity index (χ3n) is 6.61. The number of hydrogen-bond acceptors (Lipinski definition) is 7. The SMILES string of the molecule is CC1(C)CC(Nc2nc(Nc3ccc(OCCN4CCCC4=O)c(C(F)(F)F)c3)ncc2F)CC(C)(C)N1.